The highest BCUT2D eigenvalue weighted by molar-refractivity contribution is 7.61. The molecule has 9 N–H and O–H groups in total. The molecule has 1 aromatic rings. The molecule has 0 saturated carbocycles. The standard InChI is InChI=1S/C51H89N3O19P2/c1-4-5-17-23-37(55)27-28-40-42(57)32-43(58)41-31-38(56)24-20-21-26-47(60)71-39(33-68-46(59)25-19-16-14-12-10-8-6-7-9-11-13-15-18-22-36(2)3)34-69-74(64,65)73-75(66,67)70-35-44(49(62)48(40)61)72-50(41)54-30-29-45(52)53-51(54)63/h27-30,36-37,39-44,48-50,55,57-58,61-62H,4-26,31-35H2,1-3H3,(H,64,65)(H,66,67)(H2,52,53,63)/b28-27-/t37-,39+,40-,41-,42+,43-,44+,48-,49+,50+/m0/s1. The predicted octanol–water partition coefficient (Wildman–Crippen LogP) is 7.03. The SMILES string of the molecule is CCCCC[C@H](O)/C=C\[C@@H]1[C@H](O)[C@H](O)[C@H]2COP(=O)(O)OP(=O)(O)OC[C@@H](COC(=O)CCCCCCCCCCCCCCCC(C)C)OC(=O)CCCCC(=O)C[C@H]([C@H](n3ccc(N)nc3=O)O2)[C@@H](O)C[C@H]1O. The Kier molecular flexibility index (Phi) is 31.4. The number of hydrogen-bond donors (Lipinski definition) is 8. The number of aliphatic hydroxyl groups excluding tert-OH is 5. The third-order valence-electron chi connectivity index (χ3n) is 13.5. The van der Waals surface area contributed by atoms with Gasteiger partial charge in [0.1, 0.15) is 36.6 Å². The largest absolute Gasteiger partial charge is 0.481 e. The van der Waals surface area contributed by atoms with Gasteiger partial charge in [-0.2, -0.15) is 9.29 Å². The lowest BCUT2D eigenvalue weighted by Gasteiger charge is -2.40. The first-order valence-electron chi connectivity index (χ1n) is 27.2. The van der Waals surface area contributed by atoms with Crippen LogP contribution in [0.3, 0.4) is 0 Å². The summed E-state index contributed by atoms with van der Waals surface area (Å²) >= 11 is 0. The van der Waals surface area contributed by atoms with Crippen LogP contribution < -0.4 is 11.4 Å². The van der Waals surface area contributed by atoms with Gasteiger partial charge >= 0.3 is 33.3 Å². The maximum absolute atomic E-state index is 13.7. The number of esters is 2. The van der Waals surface area contributed by atoms with Crippen LogP contribution in [0, 0.1) is 17.8 Å². The normalized spacial score (nSPS) is 29.8. The molecular weight excluding hydrogens is 1020 g/mol. The van der Waals surface area contributed by atoms with Crippen molar-refractivity contribution in [1.29, 1.82) is 0 Å². The second kappa shape index (κ2) is 35.5. The monoisotopic (exact) mass is 1110 g/mol. The zero-order chi connectivity index (χ0) is 55.4. The van der Waals surface area contributed by atoms with Gasteiger partial charge in [-0.25, -0.2) is 13.9 Å². The number of anilines is 1. The van der Waals surface area contributed by atoms with Crippen LogP contribution in [0.25, 0.3) is 0 Å². The van der Waals surface area contributed by atoms with Crippen LogP contribution in [0.15, 0.2) is 29.2 Å². The number of hydrogen-bond acceptors (Lipinski definition) is 19. The number of aliphatic hydroxyl groups is 5. The minimum Gasteiger partial charge on any atom is -0.462 e. The number of unbranched alkanes of at least 4 members (excludes halogenated alkanes) is 14. The smallest absolute Gasteiger partial charge is 0.462 e. The molecule has 0 aliphatic carbocycles. The molecule has 432 valence electrons. The van der Waals surface area contributed by atoms with Crippen molar-refractivity contribution in [3.63, 3.8) is 0 Å². The third kappa shape index (κ3) is 27.0. The van der Waals surface area contributed by atoms with Gasteiger partial charge in [0.2, 0.25) is 0 Å². The minimum absolute atomic E-state index is 0.0578. The van der Waals surface area contributed by atoms with E-state index in [2.05, 4.69) is 23.1 Å². The Bertz CT molecular complexity index is 2010. The number of nitrogen functional groups attached to an aromatic ring is 1. The number of phosphoric acid groups is 2. The Morgan fingerprint density at radius 1 is 0.827 bits per heavy atom. The summed E-state index contributed by atoms with van der Waals surface area (Å²) in [6.45, 7) is 3.64. The molecule has 2 aliphatic heterocycles. The highest BCUT2D eigenvalue weighted by Gasteiger charge is 2.45. The van der Waals surface area contributed by atoms with E-state index in [9.17, 15) is 63.6 Å². The van der Waals surface area contributed by atoms with Crippen molar-refractivity contribution in [3.05, 3.63) is 34.9 Å². The second-order valence-corrected chi connectivity index (χ2v) is 23.6. The summed E-state index contributed by atoms with van der Waals surface area (Å²) in [5, 5.41) is 57.4. The molecule has 2 fully saturated rings. The third-order valence-corrected chi connectivity index (χ3v) is 16.1. The fourth-order valence-electron chi connectivity index (χ4n) is 9.13. The van der Waals surface area contributed by atoms with Gasteiger partial charge in [0.05, 0.1) is 37.6 Å². The number of carbonyl (C=O) groups excluding carboxylic acids is 3. The van der Waals surface area contributed by atoms with Gasteiger partial charge in [0.25, 0.3) is 0 Å². The topological polar surface area (TPSA) is 343 Å². The number of rotatable bonds is 25. The average Bonchev–Trinajstić information content (AvgIpc) is 3.33. The number of carbonyl (C=O) groups is 3. The maximum Gasteiger partial charge on any atom is 0.481 e. The van der Waals surface area contributed by atoms with Crippen LogP contribution in [0.4, 0.5) is 5.82 Å². The number of ketones is 1. The molecule has 22 nitrogen and oxygen atoms in total. The molecular formula is C51H89N3O19P2. The summed E-state index contributed by atoms with van der Waals surface area (Å²) in [5.41, 5.74) is 4.67. The lowest BCUT2D eigenvalue weighted by atomic mass is 9.82. The first kappa shape index (κ1) is 66.3. The number of fused-ring (bicyclic) bond motifs is 3. The Morgan fingerprint density at radius 3 is 2.03 bits per heavy atom. The van der Waals surface area contributed by atoms with E-state index in [1.807, 2.05) is 6.92 Å². The van der Waals surface area contributed by atoms with Crippen molar-refractivity contribution in [2.45, 2.75) is 230 Å². The van der Waals surface area contributed by atoms with Crippen LogP contribution in [0.1, 0.15) is 188 Å². The molecule has 2 aliphatic rings. The quantitative estimate of drug-likeness (QED) is 0.0211. The van der Waals surface area contributed by atoms with Crippen LogP contribution in [-0.4, -0.2) is 125 Å². The molecule has 0 amide bonds. The number of nitrogens with zero attached hydrogens (tertiary/aromatic N) is 2. The predicted molar refractivity (Wildman–Crippen MR) is 277 cm³/mol. The molecule has 2 saturated heterocycles. The van der Waals surface area contributed by atoms with Gasteiger partial charge in [-0.1, -0.05) is 136 Å². The van der Waals surface area contributed by atoms with Gasteiger partial charge in [-0.15, -0.1) is 0 Å². The highest BCUT2D eigenvalue weighted by atomic mass is 31.3. The van der Waals surface area contributed by atoms with E-state index in [0.717, 1.165) is 55.2 Å². The van der Waals surface area contributed by atoms with Gasteiger partial charge in [0, 0.05) is 50.1 Å². The molecule has 3 rings (SSSR count). The Labute approximate surface area is 442 Å². The zero-order valence-corrected chi connectivity index (χ0v) is 46.1. The Morgan fingerprint density at radius 2 is 1.41 bits per heavy atom. The fourth-order valence-corrected chi connectivity index (χ4v) is 11.2. The summed E-state index contributed by atoms with van der Waals surface area (Å²) in [7, 11) is -11.4. The molecule has 1 aromatic heterocycles. The minimum atomic E-state index is -5.75. The molecule has 12 atom stereocenters. The van der Waals surface area contributed by atoms with Crippen LogP contribution in [-0.2, 0) is 51.1 Å². The van der Waals surface area contributed by atoms with Crippen LogP contribution in [0.5, 0.6) is 0 Å². The van der Waals surface area contributed by atoms with Gasteiger partial charge < -0.3 is 55.3 Å². The van der Waals surface area contributed by atoms with E-state index in [4.69, 9.17) is 29.0 Å². The first-order chi connectivity index (χ1) is 35.6. The average molecular weight is 1110 g/mol. The first-order valence-corrected chi connectivity index (χ1v) is 30.2. The van der Waals surface area contributed by atoms with Crippen molar-refractivity contribution in [2.24, 2.45) is 17.8 Å². The van der Waals surface area contributed by atoms with Crippen molar-refractivity contribution in [1.82, 2.24) is 9.55 Å². The molecule has 0 spiro atoms. The number of ether oxygens (including phenoxy) is 3. The number of Topliss-reactive ketones (excluding diaryl/α,β-unsaturated/α-hetero) is 1. The molecule has 75 heavy (non-hydrogen) atoms. The van der Waals surface area contributed by atoms with Crippen LogP contribution >= 0.6 is 15.6 Å². The zero-order valence-electron chi connectivity index (χ0n) is 44.4. The number of phosphoric ester groups is 2. The summed E-state index contributed by atoms with van der Waals surface area (Å²) in [4.78, 5) is 77.9. The summed E-state index contributed by atoms with van der Waals surface area (Å²) < 4.78 is 58.7. The van der Waals surface area contributed by atoms with E-state index >= 15 is 0 Å². The molecule has 0 radical (unpaired) electrons. The fraction of sp³-hybridized carbons (Fsp3) is 0.824. The maximum atomic E-state index is 13.7. The van der Waals surface area contributed by atoms with Crippen LogP contribution in [0.2, 0.25) is 0 Å². The van der Waals surface area contributed by atoms with Gasteiger partial charge in [-0.3, -0.25) is 28.0 Å². The van der Waals surface area contributed by atoms with E-state index in [1.54, 1.807) is 0 Å². The van der Waals surface area contributed by atoms with E-state index in [0.29, 0.717) is 19.3 Å². The molecule has 24 heteroatoms. The van der Waals surface area contributed by atoms with Crippen molar-refractivity contribution in [3.8, 4) is 0 Å². The second-order valence-electron chi connectivity index (χ2n) is 20.5. The molecule has 3 heterocycles. The van der Waals surface area contributed by atoms with E-state index in [1.165, 1.54) is 76.0 Å². The van der Waals surface area contributed by atoms with Crippen molar-refractivity contribution in [2.75, 3.05) is 25.6 Å². The Hall–Kier alpha value is -2.95. The lowest BCUT2D eigenvalue weighted by molar-refractivity contribution is -0.196. The van der Waals surface area contributed by atoms with E-state index < -0.39 is 133 Å². The molecule has 0 aromatic carbocycles. The summed E-state index contributed by atoms with van der Waals surface area (Å²) in [6.07, 6.45) is 6.79. The number of aromatic nitrogens is 2. The lowest BCUT2D eigenvalue weighted by Crippen LogP contribution is -2.52. The van der Waals surface area contributed by atoms with Crippen molar-refractivity contribution >= 4 is 39.2 Å². The van der Waals surface area contributed by atoms with Gasteiger partial charge in [-0.05, 0) is 37.7 Å². The van der Waals surface area contributed by atoms with Gasteiger partial charge in [0.15, 0.2) is 6.10 Å². The number of nitrogens with two attached hydrogens (primary N) is 1. The summed E-state index contributed by atoms with van der Waals surface area (Å²) in [5.74, 6) is -4.38. The van der Waals surface area contributed by atoms with E-state index in [-0.39, 0.29) is 37.9 Å². The molecule has 2 unspecified atom stereocenters. The van der Waals surface area contributed by atoms with Crippen molar-refractivity contribution < 1.29 is 86.4 Å². The highest BCUT2D eigenvalue weighted by Crippen LogP contribution is 2.60. The number of cyclic esters (lactones) is 1. The Balaban J connectivity index is 1.75. The summed E-state index contributed by atoms with van der Waals surface area (Å²) in [6, 6.07) is 1.18. The molecule has 2 bridgehead atoms.